The summed E-state index contributed by atoms with van der Waals surface area (Å²) in [6.07, 6.45) is 5.46. The number of sulfone groups is 1. The van der Waals surface area contributed by atoms with Crippen LogP contribution in [-0.2, 0) is 16.4 Å². The molecule has 0 amide bonds. The maximum absolute atomic E-state index is 11.6. The van der Waals surface area contributed by atoms with Gasteiger partial charge in [-0.15, -0.1) is 0 Å². The second-order valence-corrected chi connectivity index (χ2v) is 9.82. The van der Waals surface area contributed by atoms with E-state index in [1.807, 2.05) is 0 Å². The van der Waals surface area contributed by atoms with Crippen LogP contribution in [0, 0.1) is 12.8 Å². The third-order valence-corrected chi connectivity index (χ3v) is 6.87. The van der Waals surface area contributed by atoms with Gasteiger partial charge in [-0.1, -0.05) is 38.3 Å². The molecule has 2 N–H and O–H groups in total. The van der Waals surface area contributed by atoms with E-state index in [2.05, 4.69) is 47.7 Å². The molecule has 1 aromatic rings. The van der Waals surface area contributed by atoms with Crippen molar-refractivity contribution in [2.45, 2.75) is 52.5 Å². The summed E-state index contributed by atoms with van der Waals surface area (Å²) in [5.74, 6) is 2.32. The third kappa shape index (κ3) is 7.70. The van der Waals surface area contributed by atoms with Gasteiger partial charge in [0, 0.05) is 25.7 Å². The number of benzene rings is 1. The molecule has 1 aromatic carbocycles. The van der Waals surface area contributed by atoms with Crippen LogP contribution in [0.4, 0.5) is 0 Å². The second kappa shape index (κ2) is 11.3. The van der Waals surface area contributed by atoms with E-state index in [-0.39, 0.29) is 11.7 Å². The van der Waals surface area contributed by atoms with E-state index in [0.717, 1.165) is 30.8 Å². The molecule has 1 aliphatic rings. The largest absolute Gasteiger partial charge is 0.493 e. The number of guanidine groups is 1. The van der Waals surface area contributed by atoms with Crippen LogP contribution in [0.15, 0.2) is 23.2 Å². The zero-order chi connectivity index (χ0) is 20.4. The van der Waals surface area contributed by atoms with Gasteiger partial charge in [0.15, 0.2) is 15.8 Å². The zero-order valence-corrected chi connectivity index (χ0v) is 18.3. The van der Waals surface area contributed by atoms with E-state index < -0.39 is 9.84 Å². The monoisotopic (exact) mass is 409 g/mol. The normalized spacial score (nSPS) is 18.8. The van der Waals surface area contributed by atoms with Crippen molar-refractivity contribution in [3.05, 3.63) is 29.3 Å². The van der Waals surface area contributed by atoms with E-state index >= 15 is 0 Å². The summed E-state index contributed by atoms with van der Waals surface area (Å²) in [5, 5.41) is 6.56. The van der Waals surface area contributed by atoms with Gasteiger partial charge >= 0.3 is 0 Å². The molecule has 7 heteroatoms. The first kappa shape index (κ1) is 22.5. The second-order valence-electron chi connectivity index (χ2n) is 7.60. The lowest BCUT2D eigenvalue weighted by Crippen LogP contribution is -2.39. The van der Waals surface area contributed by atoms with Crippen molar-refractivity contribution in [3.8, 4) is 5.75 Å². The van der Waals surface area contributed by atoms with Gasteiger partial charge < -0.3 is 15.4 Å². The first-order valence-electron chi connectivity index (χ1n) is 10.3. The van der Waals surface area contributed by atoms with Gasteiger partial charge in [-0.25, -0.2) is 8.42 Å². The Morgan fingerprint density at radius 3 is 2.75 bits per heavy atom. The van der Waals surface area contributed by atoms with Crippen molar-refractivity contribution in [2.75, 3.05) is 31.7 Å². The molecular formula is C21H35N3O3S. The van der Waals surface area contributed by atoms with Crippen LogP contribution < -0.4 is 15.4 Å². The molecule has 0 bridgehead atoms. The van der Waals surface area contributed by atoms with Crippen molar-refractivity contribution in [2.24, 2.45) is 10.9 Å². The van der Waals surface area contributed by atoms with Gasteiger partial charge in [0.1, 0.15) is 5.75 Å². The predicted molar refractivity (Wildman–Crippen MR) is 116 cm³/mol. The fourth-order valence-corrected chi connectivity index (χ4v) is 5.19. The molecule has 0 spiro atoms. The number of ether oxygens (including phenoxy) is 1. The maximum Gasteiger partial charge on any atom is 0.191 e. The Balaban J connectivity index is 1.84. The highest BCUT2D eigenvalue weighted by atomic mass is 32.2. The average molecular weight is 410 g/mol. The van der Waals surface area contributed by atoms with E-state index in [1.165, 1.54) is 24.8 Å². The Hall–Kier alpha value is -1.76. The van der Waals surface area contributed by atoms with Crippen LogP contribution in [-0.4, -0.2) is 46.1 Å². The van der Waals surface area contributed by atoms with Crippen LogP contribution >= 0.6 is 0 Å². The summed E-state index contributed by atoms with van der Waals surface area (Å²) in [4.78, 5) is 4.25. The lowest BCUT2D eigenvalue weighted by molar-refractivity contribution is 0.301. The molecule has 1 atom stereocenters. The number of unbranched alkanes of at least 4 members (excludes halogenated alkanes) is 3. The lowest BCUT2D eigenvalue weighted by Gasteiger charge is -2.17. The summed E-state index contributed by atoms with van der Waals surface area (Å²) in [7, 11) is -1.12. The molecule has 6 nitrogen and oxygen atoms in total. The molecule has 1 aliphatic heterocycles. The van der Waals surface area contributed by atoms with Gasteiger partial charge in [0.25, 0.3) is 0 Å². The summed E-state index contributed by atoms with van der Waals surface area (Å²) in [6, 6.07) is 6.25. The van der Waals surface area contributed by atoms with Gasteiger partial charge in [0.2, 0.25) is 0 Å². The lowest BCUT2D eigenvalue weighted by atomic mass is 10.1. The standard InChI is InChI=1S/C21H35N3O3S/c1-4-5-6-7-11-27-20-13-17(2)8-9-19(20)15-24-21(22-3)23-14-18-10-12-28(25,26)16-18/h8-9,13,18H,4-7,10-12,14-16H2,1-3H3,(H2,22,23,24). The first-order chi connectivity index (χ1) is 13.4. The van der Waals surface area contributed by atoms with Crippen LogP contribution in [0.3, 0.4) is 0 Å². The summed E-state index contributed by atoms with van der Waals surface area (Å²) in [5.41, 5.74) is 2.27. The molecule has 0 aromatic heterocycles. The van der Waals surface area contributed by atoms with E-state index in [0.29, 0.717) is 24.8 Å². The highest BCUT2D eigenvalue weighted by molar-refractivity contribution is 7.91. The summed E-state index contributed by atoms with van der Waals surface area (Å²) < 4.78 is 29.2. The van der Waals surface area contributed by atoms with Gasteiger partial charge in [-0.05, 0) is 37.3 Å². The number of nitrogens with one attached hydrogen (secondary N) is 2. The molecule has 0 aliphatic carbocycles. The topological polar surface area (TPSA) is 79.8 Å². The number of rotatable bonds is 10. The molecule has 1 heterocycles. The molecule has 0 radical (unpaired) electrons. The van der Waals surface area contributed by atoms with Crippen molar-refractivity contribution in [1.82, 2.24) is 10.6 Å². The average Bonchev–Trinajstić information content (AvgIpc) is 3.01. The van der Waals surface area contributed by atoms with E-state index in [9.17, 15) is 8.42 Å². The molecule has 0 saturated carbocycles. The summed E-state index contributed by atoms with van der Waals surface area (Å²) >= 11 is 0. The minimum atomic E-state index is -2.85. The highest BCUT2D eigenvalue weighted by Gasteiger charge is 2.27. The quantitative estimate of drug-likeness (QED) is 0.353. The first-order valence-corrected chi connectivity index (χ1v) is 12.1. The Bertz CT molecular complexity index is 747. The minimum Gasteiger partial charge on any atom is -0.493 e. The Labute approximate surface area is 170 Å². The number of aliphatic imine (C=N–C) groups is 1. The van der Waals surface area contributed by atoms with Crippen molar-refractivity contribution in [1.29, 1.82) is 0 Å². The van der Waals surface area contributed by atoms with Crippen LogP contribution in [0.1, 0.15) is 50.2 Å². The fourth-order valence-electron chi connectivity index (χ4n) is 3.33. The van der Waals surface area contributed by atoms with Crippen molar-refractivity contribution < 1.29 is 13.2 Å². The number of hydrogen-bond acceptors (Lipinski definition) is 4. The van der Waals surface area contributed by atoms with Gasteiger partial charge in [-0.3, -0.25) is 4.99 Å². The fraction of sp³-hybridized carbons (Fsp3) is 0.667. The molecule has 1 fully saturated rings. The number of aryl methyl sites for hydroxylation is 1. The molecular weight excluding hydrogens is 374 g/mol. The predicted octanol–water partition coefficient (Wildman–Crippen LogP) is 3.05. The van der Waals surface area contributed by atoms with Gasteiger partial charge in [0.05, 0.1) is 18.1 Å². The molecule has 28 heavy (non-hydrogen) atoms. The van der Waals surface area contributed by atoms with Crippen molar-refractivity contribution >= 4 is 15.8 Å². The Morgan fingerprint density at radius 2 is 2.07 bits per heavy atom. The minimum absolute atomic E-state index is 0.157. The Kier molecular flexibility index (Phi) is 9.09. The highest BCUT2D eigenvalue weighted by Crippen LogP contribution is 2.21. The molecule has 2 rings (SSSR count). The maximum atomic E-state index is 11.6. The van der Waals surface area contributed by atoms with E-state index in [1.54, 1.807) is 7.05 Å². The third-order valence-electron chi connectivity index (χ3n) is 5.03. The van der Waals surface area contributed by atoms with Crippen molar-refractivity contribution in [3.63, 3.8) is 0 Å². The van der Waals surface area contributed by atoms with Crippen LogP contribution in [0.2, 0.25) is 0 Å². The van der Waals surface area contributed by atoms with Crippen LogP contribution in [0.25, 0.3) is 0 Å². The van der Waals surface area contributed by atoms with E-state index in [4.69, 9.17) is 4.74 Å². The molecule has 158 valence electrons. The molecule has 1 unspecified atom stereocenters. The smallest absolute Gasteiger partial charge is 0.191 e. The van der Waals surface area contributed by atoms with Crippen LogP contribution in [0.5, 0.6) is 5.75 Å². The SMILES string of the molecule is CCCCCCOc1cc(C)ccc1CNC(=NC)NCC1CCS(=O)(=O)C1. The zero-order valence-electron chi connectivity index (χ0n) is 17.5. The molecule has 1 saturated heterocycles. The number of hydrogen-bond donors (Lipinski definition) is 2. The summed E-state index contributed by atoms with van der Waals surface area (Å²) in [6.45, 7) is 6.23. The van der Waals surface area contributed by atoms with Gasteiger partial charge in [-0.2, -0.15) is 0 Å². The Morgan fingerprint density at radius 1 is 1.25 bits per heavy atom. The number of nitrogens with zero attached hydrogens (tertiary/aromatic N) is 1.